The maximum Gasteiger partial charge on any atom is 0.135 e. The van der Waals surface area contributed by atoms with Crippen molar-refractivity contribution in [3.05, 3.63) is 0 Å². The van der Waals surface area contributed by atoms with Gasteiger partial charge in [-0.2, -0.15) is 0 Å². The van der Waals surface area contributed by atoms with Gasteiger partial charge in [-0.3, -0.25) is 0 Å². The highest BCUT2D eigenvalue weighted by molar-refractivity contribution is 9.24. The highest BCUT2D eigenvalue weighted by atomic mass is 79.9. The Balaban J connectivity index is 2.12. The van der Waals surface area contributed by atoms with Gasteiger partial charge in [-0.15, -0.1) is 15.3 Å². The molecule has 2 heteroatoms. The maximum absolute atomic E-state index is 3.69. The summed E-state index contributed by atoms with van der Waals surface area (Å²) in [6.07, 6.45) is 4.46. The van der Waals surface area contributed by atoms with Crippen LogP contribution in [0.3, 0.4) is 0 Å². The molecule has 0 aromatic heterocycles. The molecule has 0 aliphatic carbocycles. The molecule has 7 heavy (non-hydrogen) atoms. The molecule has 1 rings (SSSR count). The van der Waals surface area contributed by atoms with Gasteiger partial charge in [0.15, 0.2) is 0 Å². The lowest BCUT2D eigenvalue weighted by atomic mass is 10.3. The molecule has 0 aromatic rings. The first-order valence-electron chi connectivity index (χ1n) is 2.90. The van der Waals surface area contributed by atoms with Crippen LogP contribution in [0.15, 0.2) is 0 Å². The van der Waals surface area contributed by atoms with Crippen molar-refractivity contribution in [3.63, 3.8) is 0 Å². The van der Waals surface area contributed by atoms with Gasteiger partial charge in [0, 0.05) is 0 Å². The fourth-order valence-electron chi connectivity index (χ4n) is 0.935. The Morgan fingerprint density at radius 3 is 1.86 bits per heavy atom. The van der Waals surface area contributed by atoms with Crippen molar-refractivity contribution in [2.75, 3.05) is 0 Å². The summed E-state index contributed by atoms with van der Waals surface area (Å²) in [5.74, 6) is 0. The second-order valence-electron chi connectivity index (χ2n) is 2.08. The quantitative estimate of drug-likeness (QED) is 0.395. The van der Waals surface area contributed by atoms with E-state index in [2.05, 4.69) is 15.3 Å². The van der Waals surface area contributed by atoms with E-state index in [1.54, 1.807) is 0 Å². The molecule has 0 N–H and O–H groups in total. The minimum absolute atomic E-state index is 0.0194. The number of rotatable bonds is 0. The van der Waals surface area contributed by atoms with Crippen LogP contribution in [0.5, 0.6) is 0 Å². The van der Waals surface area contributed by atoms with E-state index in [4.69, 9.17) is 0 Å². The topological polar surface area (TPSA) is 0 Å². The minimum Gasteiger partial charge on any atom is -0.129 e. The van der Waals surface area contributed by atoms with E-state index < -0.39 is 0 Å². The van der Waals surface area contributed by atoms with Crippen molar-refractivity contribution in [2.24, 2.45) is 0 Å². The predicted molar refractivity (Wildman–Crippen MR) is 38.1 cm³/mol. The third kappa shape index (κ3) is 1.95. The van der Waals surface area contributed by atoms with Crippen molar-refractivity contribution in [2.45, 2.75) is 31.4 Å². The van der Waals surface area contributed by atoms with Crippen LogP contribution in [0.2, 0.25) is 12.1 Å². The predicted octanol–water partition coefficient (Wildman–Crippen LogP) is 2.56. The summed E-state index contributed by atoms with van der Waals surface area (Å²) in [6, 6.07) is 3.01. The average molecular weight is 178 g/mol. The monoisotopic (exact) mass is 177 g/mol. The van der Waals surface area contributed by atoms with Crippen molar-refractivity contribution >= 4 is 22.7 Å². The molecule has 1 saturated heterocycles. The van der Waals surface area contributed by atoms with E-state index in [-0.39, 0.29) is 7.42 Å². The van der Waals surface area contributed by atoms with Gasteiger partial charge in [0.2, 0.25) is 0 Å². The van der Waals surface area contributed by atoms with E-state index in [1.807, 2.05) is 0 Å². The number of hydrogen-bond donors (Lipinski definition) is 0. The second kappa shape index (κ2) is 2.87. The number of hydrogen-bond acceptors (Lipinski definition) is 0. The molecular formula is C5H10BrSi. The second-order valence-corrected chi connectivity index (χ2v) is 7.48. The molecule has 0 nitrogen and oxygen atoms in total. The van der Waals surface area contributed by atoms with Gasteiger partial charge < -0.3 is 0 Å². The van der Waals surface area contributed by atoms with E-state index in [9.17, 15) is 0 Å². The molecule has 0 aromatic carbocycles. The molecule has 1 fully saturated rings. The molecule has 1 radical (unpaired) electrons. The summed E-state index contributed by atoms with van der Waals surface area (Å²) in [6.45, 7) is 0. The Morgan fingerprint density at radius 2 is 1.57 bits per heavy atom. The third-order valence-corrected chi connectivity index (χ3v) is 5.57. The largest absolute Gasteiger partial charge is 0.135 e. The van der Waals surface area contributed by atoms with Crippen LogP contribution in [-0.2, 0) is 0 Å². The molecule has 1 aliphatic heterocycles. The van der Waals surface area contributed by atoms with Crippen LogP contribution in [-0.4, -0.2) is 7.42 Å². The highest BCUT2D eigenvalue weighted by Crippen LogP contribution is 2.21. The average Bonchev–Trinajstić information content (AvgIpc) is 1.69. The molecule has 0 spiro atoms. The molecule has 1 heterocycles. The van der Waals surface area contributed by atoms with E-state index >= 15 is 0 Å². The lowest BCUT2D eigenvalue weighted by Crippen LogP contribution is -2.06. The van der Waals surface area contributed by atoms with Crippen LogP contribution in [0.25, 0.3) is 0 Å². The van der Waals surface area contributed by atoms with Crippen LogP contribution < -0.4 is 0 Å². The Hall–Kier alpha value is 0.697. The summed E-state index contributed by atoms with van der Waals surface area (Å²) in [5, 5.41) is 0. The van der Waals surface area contributed by atoms with Crippen molar-refractivity contribution < 1.29 is 0 Å². The lowest BCUT2D eigenvalue weighted by molar-refractivity contribution is 0.732. The van der Waals surface area contributed by atoms with Gasteiger partial charge >= 0.3 is 0 Å². The summed E-state index contributed by atoms with van der Waals surface area (Å²) < 4.78 is 0. The molecule has 0 unspecified atom stereocenters. The Morgan fingerprint density at radius 1 is 1.00 bits per heavy atom. The Bertz CT molecular complexity index is 50.0. The normalized spacial score (nSPS) is 25.3. The maximum atomic E-state index is 3.69. The summed E-state index contributed by atoms with van der Waals surface area (Å²) in [5.41, 5.74) is 0. The molecule has 41 valence electrons. The van der Waals surface area contributed by atoms with Crippen LogP contribution in [0.4, 0.5) is 0 Å². The third-order valence-electron chi connectivity index (χ3n) is 1.40. The molecule has 0 atom stereocenters. The first-order chi connectivity index (χ1) is 3.39. The van der Waals surface area contributed by atoms with Gasteiger partial charge in [-0.25, -0.2) is 0 Å². The smallest absolute Gasteiger partial charge is 0.129 e. The standard InChI is InChI=1S/C5H10BrSi/c6-7-4-2-1-3-5-7/h1-5H2. The molecular weight excluding hydrogens is 168 g/mol. The minimum atomic E-state index is 0.0194. The summed E-state index contributed by atoms with van der Waals surface area (Å²) in [4.78, 5) is 0. The van der Waals surface area contributed by atoms with Crippen LogP contribution in [0.1, 0.15) is 19.3 Å². The molecule has 0 saturated carbocycles. The summed E-state index contributed by atoms with van der Waals surface area (Å²) in [7, 11) is 0.0194. The molecule has 0 bridgehead atoms. The van der Waals surface area contributed by atoms with Gasteiger partial charge in [0.1, 0.15) is 7.42 Å². The van der Waals surface area contributed by atoms with Crippen molar-refractivity contribution in [3.8, 4) is 0 Å². The zero-order valence-electron chi connectivity index (χ0n) is 4.41. The van der Waals surface area contributed by atoms with Gasteiger partial charge in [-0.1, -0.05) is 19.3 Å². The Labute approximate surface area is 54.5 Å². The Kier molecular flexibility index (Phi) is 2.39. The lowest BCUT2D eigenvalue weighted by Gasteiger charge is -2.11. The zero-order valence-corrected chi connectivity index (χ0v) is 7.00. The zero-order chi connectivity index (χ0) is 5.11. The van der Waals surface area contributed by atoms with E-state index in [0.29, 0.717) is 0 Å². The van der Waals surface area contributed by atoms with Crippen molar-refractivity contribution in [1.29, 1.82) is 0 Å². The van der Waals surface area contributed by atoms with Crippen LogP contribution in [0, 0.1) is 0 Å². The molecule has 1 aliphatic rings. The first-order valence-corrected chi connectivity index (χ1v) is 7.07. The SMILES string of the molecule is Br[Si]1CCCCC1. The van der Waals surface area contributed by atoms with Crippen LogP contribution >= 0.6 is 15.3 Å². The van der Waals surface area contributed by atoms with Gasteiger partial charge in [-0.05, 0) is 12.1 Å². The fraction of sp³-hybridized carbons (Fsp3) is 1.00. The number of halogens is 1. The van der Waals surface area contributed by atoms with Gasteiger partial charge in [0.05, 0.1) is 0 Å². The van der Waals surface area contributed by atoms with Crippen molar-refractivity contribution in [1.82, 2.24) is 0 Å². The van der Waals surface area contributed by atoms with E-state index in [1.165, 1.54) is 31.4 Å². The fourth-order valence-corrected chi connectivity index (χ4v) is 4.13. The van der Waals surface area contributed by atoms with E-state index in [0.717, 1.165) is 0 Å². The summed E-state index contributed by atoms with van der Waals surface area (Å²) >= 11 is 3.69. The highest BCUT2D eigenvalue weighted by Gasteiger charge is 2.10. The first kappa shape index (κ1) is 5.83. The molecule has 0 amide bonds. The van der Waals surface area contributed by atoms with Gasteiger partial charge in [0.25, 0.3) is 0 Å².